The number of rotatable bonds is 2. The molecule has 0 aromatic rings. The Morgan fingerprint density at radius 1 is 1.44 bits per heavy atom. The van der Waals surface area contributed by atoms with E-state index in [2.05, 4.69) is 20.9 Å². The van der Waals surface area contributed by atoms with E-state index in [4.69, 9.17) is 0 Å². The second-order valence-corrected chi connectivity index (χ2v) is 3.54. The third-order valence-corrected chi connectivity index (χ3v) is 2.99. The fourth-order valence-electron chi connectivity index (χ4n) is 1.54. The SMILES string of the molecule is CC[C@H](C)[N+]1(C)CCC1. The van der Waals surface area contributed by atoms with Gasteiger partial charge in [0.05, 0.1) is 26.2 Å². The highest BCUT2D eigenvalue weighted by molar-refractivity contribution is 4.57. The topological polar surface area (TPSA) is 0 Å². The summed E-state index contributed by atoms with van der Waals surface area (Å²) in [5, 5.41) is 0. The van der Waals surface area contributed by atoms with Crippen LogP contribution >= 0.6 is 0 Å². The summed E-state index contributed by atoms with van der Waals surface area (Å²) in [5.41, 5.74) is 0. The lowest BCUT2D eigenvalue weighted by Gasteiger charge is -2.46. The largest absolute Gasteiger partial charge is 0.323 e. The molecule has 1 nitrogen and oxygen atoms in total. The van der Waals surface area contributed by atoms with Gasteiger partial charge in [-0.1, -0.05) is 6.92 Å². The number of hydrogen-bond donors (Lipinski definition) is 0. The quantitative estimate of drug-likeness (QED) is 0.496. The number of quaternary nitrogens is 1. The Morgan fingerprint density at radius 2 is 2.00 bits per heavy atom. The molecule has 1 saturated heterocycles. The van der Waals surface area contributed by atoms with Crippen LogP contribution in [0.4, 0.5) is 0 Å². The Morgan fingerprint density at radius 3 is 2.11 bits per heavy atom. The van der Waals surface area contributed by atoms with Gasteiger partial charge in [-0.3, -0.25) is 0 Å². The molecule has 1 aliphatic rings. The van der Waals surface area contributed by atoms with Gasteiger partial charge in [-0.25, -0.2) is 0 Å². The van der Waals surface area contributed by atoms with Crippen molar-refractivity contribution in [2.24, 2.45) is 0 Å². The van der Waals surface area contributed by atoms with Crippen LogP contribution in [-0.4, -0.2) is 30.7 Å². The van der Waals surface area contributed by atoms with Gasteiger partial charge in [-0.15, -0.1) is 0 Å². The van der Waals surface area contributed by atoms with Crippen molar-refractivity contribution in [3.05, 3.63) is 0 Å². The van der Waals surface area contributed by atoms with Gasteiger partial charge >= 0.3 is 0 Å². The van der Waals surface area contributed by atoms with Crippen molar-refractivity contribution in [3.8, 4) is 0 Å². The van der Waals surface area contributed by atoms with Crippen LogP contribution in [-0.2, 0) is 0 Å². The zero-order chi connectivity index (χ0) is 6.91. The van der Waals surface area contributed by atoms with E-state index in [1.165, 1.54) is 30.4 Å². The summed E-state index contributed by atoms with van der Waals surface area (Å²) in [6, 6.07) is 0.888. The van der Waals surface area contributed by atoms with Gasteiger partial charge < -0.3 is 4.48 Å². The molecule has 1 aliphatic heterocycles. The lowest BCUT2D eigenvalue weighted by atomic mass is 10.1. The van der Waals surface area contributed by atoms with Crippen molar-refractivity contribution in [1.29, 1.82) is 0 Å². The summed E-state index contributed by atoms with van der Waals surface area (Å²) in [7, 11) is 2.37. The van der Waals surface area contributed by atoms with Gasteiger partial charge in [0.15, 0.2) is 0 Å². The van der Waals surface area contributed by atoms with Crippen molar-refractivity contribution in [1.82, 2.24) is 0 Å². The Labute approximate surface area is 58.3 Å². The third kappa shape index (κ3) is 1.11. The minimum Gasteiger partial charge on any atom is -0.323 e. The first-order valence-electron chi connectivity index (χ1n) is 4.03. The molecule has 0 N–H and O–H groups in total. The van der Waals surface area contributed by atoms with Crippen molar-refractivity contribution in [2.45, 2.75) is 32.7 Å². The van der Waals surface area contributed by atoms with Crippen LogP contribution in [0, 0.1) is 0 Å². The summed E-state index contributed by atoms with van der Waals surface area (Å²) < 4.78 is 1.33. The average Bonchev–Trinajstić information content (AvgIpc) is 1.81. The lowest BCUT2D eigenvalue weighted by molar-refractivity contribution is -0.966. The Bertz CT molecular complexity index is 94.7. The molecule has 0 aromatic carbocycles. The first-order valence-corrected chi connectivity index (χ1v) is 4.03. The highest BCUT2D eigenvalue weighted by atomic mass is 15.4. The second kappa shape index (κ2) is 2.30. The maximum atomic E-state index is 2.37. The van der Waals surface area contributed by atoms with Gasteiger partial charge in [0.25, 0.3) is 0 Å². The maximum Gasteiger partial charge on any atom is 0.0857 e. The monoisotopic (exact) mass is 128 g/mol. The summed E-state index contributed by atoms with van der Waals surface area (Å²) in [4.78, 5) is 0. The van der Waals surface area contributed by atoms with Crippen molar-refractivity contribution in [2.75, 3.05) is 20.1 Å². The van der Waals surface area contributed by atoms with Crippen molar-refractivity contribution < 1.29 is 4.48 Å². The maximum absolute atomic E-state index is 2.37. The van der Waals surface area contributed by atoms with E-state index in [1.54, 1.807) is 0 Å². The molecule has 1 heterocycles. The Kier molecular flexibility index (Phi) is 1.80. The standard InChI is InChI=1S/C8H18N/c1-4-8(2)9(3)6-5-7-9/h8H,4-7H2,1-3H3/q+1/t8-/m0/s1. The van der Waals surface area contributed by atoms with Crippen LogP contribution in [0.2, 0.25) is 0 Å². The van der Waals surface area contributed by atoms with E-state index in [0.717, 1.165) is 6.04 Å². The molecular weight excluding hydrogens is 110 g/mol. The summed E-state index contributed by atoms with van der Waals surface area (Å²) in [6.45, 7) is 7.47. The van der Waals surface area contributed by atoms with Gasteiger partial charge in [0, 0.05) is 6.42 Å². The van der Waals surface area contributed by atoms with Crippen molar-refractivity contribution >= 4 is 0 Å². The Hall–Kier alpha value is -0.0400. The molecule has 54 valence electrons. The fraction of sp³-hybridized carbons (Fsp3) is 1.00. The van der Waals surface area contributed by atoms with E-state index in [9.17, 15) is 0 Å². The number of nitrogens with zero attached hydrogens (tertiary/aromatic N) is 1. The smallest absolute Gasteiger partial charge is 0.0857 e. The number of likely N-dealkylation sites (tertiary alicyclic amines) is 1. The van der Waals surface area contributed by atoms with Crippen LogP contribution in [0.1, 0.15) is 26.7 Å². The van der Waals surface area contributed by atoms with Gasteiger partial charge in [0.1, 0.15) is 0 Å². The van der Waals surface area contributed by atoms with E-state index in [0.29, 0.717) is 0 Å². The molecule has 0 amide bonds. The fourth-order valence-corrected chi connectivity index (χ4v) is 1.54. The molecule has 1 rings (SSSR count). The molecule has 0 aliphatic carbocycles. The van der Waals surface area contributed by atoms with E-state index in [-0.39, 0.29) is 0 Å². The molecule has 0 bridgehead atoms. The first-order chi connectivity index (χ1) is 4.19. The van der Waals surface area contributed by atoms with Crippen LogP contribution in [0.25, 0.3) is 0 Å². The van der Waals surface area contributed by atoms with Crippen LogP contribution < -0.4 is 0 Å². The molecule has 0 radical (unpaired) electrons. The highest BCUT2D eigenvalue weighted by Gasteiger charge is 2.34. The predicted octanol–water partition coefficient (Wildman–Crippen LogP) is 1.64. The predicted molar refractivity (Wildman–Crippen MR) is 40.3 cm³/mol. The first kappa shape index (κ1) is 7.07. The molecule has 1 heteroatoms. The zero-order valence-corrected chi connectivity index (χ0v) is 6.85. The van der Waals surface area contributed by atoms with Crippen LogP contribution in [0.5, 0.6) is 0 Å². The minimum absolute atomic E-state index is 0.888. The molecule has 0 aromatic heterocycles. The summed E-state index contributed by atoms with van der Waals surface area (Å²) >= 11 is 0. The Balaban J connectivity index is 2.38. The lowest BCUT2D eigenvalue weighted by Crippen LogP contribution is -2.59. The molecule has 1 fully saturated rings. The van der Waals surface area contributed by atoms with Gasteiger partial charge in [0.2, 0.25) is 0 Å². The van der Waals surface area contributed by atoms with Crippen molar-refractivity contribution in [3.63, 3.8) is 0 Å². The van der Waals surface area contributed by atoms with E-state index < -0.39 is 0 Å². The van der Waals surface area contributed by atoms with E-state index >= 15 is 0 Å². The number of hydrogen-bond acceptors (Lipinski definition) is 0. The van der Waals surface area contributed by atoms with Crippen LogP contribution in [0.15, 0.2) is 0 Å². The molecule has 0 saturated carbocycles. The third-order valence-electron chi connectivity index (χ3n) is 2.99. The van der Waals surface area contributed by atoms with E-state index in [1.807, 2.05) is 0 Å². The molecule has 0 spiro atoms. The van der Waals surface area contributed by atoms with Gasteiger partial charge in [-0.05, 0) is 13.3 Å². The summed E-state index contributed by atoms with van der Waals surface area (Å²) in [5.74, 6) is 0. The zero-order valence-electron chi connectivity index (χ0n) is 6.85. The second-order valence-electron chi connectivity index (χ2n) is 3.54. The normalized spacial score (nSPS) is 27.0. The summed E-state index contributed by atoms with van der Waals surface area (Å²) in [6.07, 6.45) is 2.78. The highest BCUT2D eigenvalue weighted by Crippen LogP contribution is 2.22. The molecule has 0 unspecified atom stereocenters. The molecular formula is C8H18N+. The van der Waals surface area contributed by atoms with Gasteiger partial charge in [-0.2, -0.15) is 0 Å². The molecule has 9 heavy (non-hydrogen) atoms. The minimum atomic E-state index is 0.888. The molecule has 1 atom stereocenters. The average molecular weight is 128 g/mol. The van der Waals surface area contributed by atoms with Crippen LogP contribution in [0.3, 0.4) is 0 Å².